The van der Waals surface area contributed by atoms with Crippen molar-refractivity contribution in [2.45, 2.75) is 59.7 Å². The Labute approximate surface area is 216 Å². The minimum absolute atomic E-state index is 0.0610. The molecule has 0 amide bonds. The molecule has 0 bridgehead atoms. The van der Waals surface area contributed by atoms with Gasteiger partial charge in [-0.25, -0.2) is 4.79 Å². The van der Waals surface area contributed by atoms with E-state index >= 15 is 0 Å². The predicted octanol–water partition coefficient (Wildman–Crippen LogP) is 3.55. The van der Waals surface area contributed by atoms with E-state index in [4.69, 9.17) is 28.4 Å². The second-order valence-electron chi connectivity index (χ2n) is 8.47. The van der Waals surface area contributed by atoms with Crippen LogP contribution in [0.5, 0.6) is 11.5 Å². The first-order chi connectivity index (χ1) is 17.6. The quantitative estimate of drug-likeness (QED) is 0.205. The monoisotopic (exact) mass is 518 g/mol. The van der Waals surface area contributed by atoms with Gasteiger partial charge in [-0.05, 0) is 32.3 Å². The summed E-state index contributed by atoms with van der Waals surface area (Å²) in [6, 6.07) is 0. The molecule has 0 saturated carbocycles. The van der Waals surface area contributed by atoms with Crippen LogP contribution in [0.1, 0.15) is 60.7 Å². The van der Waals surface area contributed by atoms with Gasteiger partial charge in [0, 0.05) is 31.4 Å². The van der Waals surface area contributed by atoms with Gasteiger partial charge < -0.3 is 28.4 Å². The molecule has 1 aromatic carbocycles. The van der Waals surface area contributed by atoms with Crippen molar-refractivity contribution in [3.05, 3.63) is 46.6 Å². The van der Waals surface area contributed by atoms with Crippen LogP contribution in [0, 0.1) is 6.92 Å². The second kappa shape index (κ2) is 14.1. The van der Waals surface area contributed by atoms with Crippen molar-refractivity contribution in [2.24, 2.45) is 0 Å². The van der Waals surface area contributed by atoms with Gasteiger partial charge >= 0.3 is 23.9 Å². The van der Waals surface area contributed by atoms with Gasteiger partial charge in [0.25, 0.3) is 0 Å². The molecular formula is C27H34O10. The van der Waals surface area contributed by atoms with E-state index in [1.54, 1.807) is 13.2 Å². The molecule has 0 atom stereocenters. The number of allylic oxidation sites excluding steroid dienone is 2. The first kappa shape index (κ1) is 29.4. The average Bonchev–Trinajstić information content (AvgIpc) is 3.24. The zero-order valence-corrected chi connectivity index (χ0v) is 22.0. The Morgan fingerprint density at radius 2 is 1.70 bits per heavy atom. The van der Waals surface area contributed by atoms with Gasteiger partial charge in [-0.2, -0.15) is 0 Å². The third kappa shape index (κ3) is 8.37. The van der Waals surface area contributed by atoms with Crippen molar-refractivity contribution < 1.29 is 47.6 Å². The summed E-state index contributed by atoms with van der Waals surface area (Å²) >= 11 is 0. The number of carbonyl (C=O) groups is 4. The lowest BCUT2D eigenvalue weighted by Gasteiger charge is -2.19. The molecule has 0 fully saturated rings. The van der Waals surface area contributed by atoms with E-state index in [2.05, 4.69) is 6.58 Å². The lowest BCUT2D eigenvalue weighted by Crippen LogP contribution is -2.30. The molecular weight excluding hydrogens is 484 g/mol. The normalized spacial score (nSPS) is 12.5. The average molecular weight is 519 g/mol. The molecule has 1 aliphatic heterocycles. The fourth-order valence-electron chi connectivity index (χ4n) is 3.77. The van der Waals surface area contributed by atoms with Crippen LogP contribution in [0.15, 0.2) is 24.3 Å². The van der Waals surface area contributed by atoms with Crippen LogP contribution >= 0.6 is 0 Å². The Morgan fingerprint density at radius 1 is 1.05 bits per heavy atom. The van der Waals surface area contributed by atoms with E-state index in [1.807, 2.05) is 19.9 Å². The molecule has 37 heavy (non-hydrogen) atoms. The van der Waals surface area contributed by atoms with Crippen molar-refractivity contribution in [3.8, 4) is 11.5 Å². The van der Waals surface area contributed by atoms with Crippen molar-refractivity contribution in [2.75, 3.05) is 26.9 Å². The maximum absolute atomic E-state index is 12.4. The van der Waals surface area contributed by atoms with E-state index in [1.165, 1.54) is 13.8 Å². The molecule has 10 heteroatoms. The fourth-order valence-corrected chi connectivity index (χ4v) is 3.77. The third-order valence-electron chi connectivity index (χ3n) is 5.59. The smallest absolute Gasteiger partial charge is 0.342 e. The number of hydrogen-bond donors (Lipinski definition) is 0. The number of benzene rings is 1. The predicted molar refractivity (Wildman–Crippen MR) is 132 cm³/mol. The number of ether oxygens (including phenoxy) is 6. The van der Waals surface area contributed by atoms with E-state index < -0.39 is 30.0 Å². The van der Waals surface area contributed by atoms with Gasteiger partial charge in [-0.3, -0.25) is 14.4 Å². The Morgan fingerprint density at radius 3 is 2.27 bits per heavy atom. The summed E-state index contributed by atoms with van der Waals surface area (Å²) in [5, 5.41) is 0. The van der Waals surface area contributed by atoms with Crippen molar-refractivity contribution in [3.63, 3.8) is 0 Å². The lowest BCUT2D eigenvalue weighted by atomic mass is 9.94. The fraction of sp³-hybridized carbons (Fsp3) is 0.481. The van der Waals surface area contributed by atoms with Crippen LogP contribution < -0.4 is 9.47 Å². The van der Waals surface area contributed by atoms with Gasteiger partial charge in [0.05, 0.1) is 7.11 Å². The number of fused-ring (bicyclic) bond motifs is 1. The second-order valence-corrected chi connectivity index (χ2v) is 8.47. The van der Waals surface area contributed by atoms with Gasteiger partial charge in [-0.15, -0.1) is 0 Å². The summed E-state index contributed by atoms with van der Waals surface area (Å²) in [5.74, 6) is -1.03. The van der Waals surface area contributed by atoms with Gasteiger partial charge in [0.2, 0.25) is 0 Å². The molecule has 2 rings (SSSR count). The number of methoxy groups -OCH3 is 1. The van der Waals surface area contributed by atoms with E-state index in [-0.39, 0.29) is 32.8 Å². The van der Waals surface area contributed by atoms with E-state index in [0.29, 0.717) is 35.5 Å². The Balaban J connectivity index is 2.12. The van der Waals surface area contributed by atoms with Crippen molar-refractivity contribution >= 4 is 23.9 Å². The highest BCUT2D eigenvalue weighted by atomic mass is 16.6. The van der Waals surface area contributed by atoms with E-state index in [0.717, 1.165) is 16.7 Å². The Kier molecular flexibility index (Phi) is 11.2. The summed E-state index contributed by atoms with van der Waals surface area (Å²) in [5.41, 5.74) is 3.54. The largest absolute Gasteiger partial charge is 0.496 e. The summed E-state index contributed by atoms with van der Waals surface area (Å²) in [7, 11) is 1.56. The van der Waals surface area contributed by atoms with Crippen LogP contribution in [0.4, 0.5) is 0 Å². The summed E-state index contributed by atoms with van der Waals surface area (Å²) in [6.45, 7) is 9.82. The summed E-state index contributed by atoms with van der Waals surface area (Å²) in [4.78, 5) is 47.0. The third-order valence-corrected chi connectivity index (χ3v) is 5.59. The first-order valence-electron chi connectivity index (χ1n) is 11.8. The van der Waals surface area contributed by atoms with Gasteiger partial charge in [0.1, 0.15) is 43.5 Å². The summed E-state index contributed by atoms with van der Waals surface area (Å²) < 4.78 is 31.9. The zero-order chi connectivity index (χ0) is 27.5. The van der Waals surface area contributed by atoms with Gasteiger partial charge in [0.15, 0.2) is 6.10 Å². The zero-order valence-electron chi connectivity index (χ0n) is 22.0. The highest BCUT2D eigenvalue weighted by Gasteiger charge is 2.33. The molecule has 1 aromatic rings. The highest BCUT2D eigenvalue weighted by Crippen LogP contribution is 2.42. The van der Waals surface area contributed by atoms with Crippen LogP contribution in [0.2, 0.25) is 0 Å². The molecule has 202 valence electrons. The Hall–Kier alpha value is -3.82. The molecule has 0 N–H and O–H groups in total. The van der Waals surface area contributed by atoms with Crippen LogP contribution in [0.3, 0.4) is 0 Å². The molecule has 10 nitrogen and oxygen atoms in total. The molecule has 0 radical (unpaired) electrons. The topological polar surface area (TPSA) is 124 Å². The highest BCUT2D eigenvalue weighted by molar-refractivity contribution is 5.98. The Bertz CT molecular complexity index is 1050. The molecule has 0 aliphatic carbocycles. The maximum atomic E-state index is 12.4. The number of esters is 4. The van der Waals surface area contributed by atoms with Crippen LogP contribution in [-0.2, 0) is 46.4 Å². The number of rotatable bonds is 14. The van der Waals surface area contributed by atoms with Crippen molar-refractivity contribution in [1.29, 1.82) is 0 Å². The molecule has 1 heterocycles. The minimum atomic E-state index is -0.896. The van der Waals surface area contributed by atoms with E-state index in [9.17, 15) is 19.2 Å². The number of carbonyl (C=O) groups excluding carboxylic acids is 4. The molecule has 0 spiro atoms. The molecule has 0 saturated heterocycles. The summed E-state index contributed by atoms with van der Waals surface area (Å²) in [6.07, 6.45) is 3.46. The lowest BCUT2D eigenvalue weighted by molar-refractivity contribution is -0.165. The first-order valence-corrected chi connectivity index (χ1v) is 11.8. The number of hydrogen-bond acceptors (Lipinski definition) is 10. The van der Waals surface area contributed by atoms with Crippen LogP contribution in [-0.4, -0.2) is 56.9 Å². The SMILES string of the molecule is C=CCOc1c(C/C=C(\C)CCC(=O)OC(COC(C)=O)COC(C)=O)c(OC)c(C)c2c1C(=O)OC2. The minimum Gasteiger partial charge on any atom is -0.496 e. The van der Waals surface area contributed by atoms with Crippen molar-refractivity contribution in [1.82, 2.24) is 0 Å². The maximum Gasteiger partial charge on any atom is 0.342 e. The van der Waals surface area contributed by atoms with Crippen LogP contribution in [0.25, 0.3) is 0 Å². The molecule has 0 unspecified atom stereocenters. The molecule has 1 aliphatic rings. The number of cyclic esters (lactones) is 1. The standard InChI is InChI=1S/C27H34O10/c1-7-12-33-26-21(25(32-6)17(3)22-15-36-27(31)24(22)26)10-8-16(2)9-11-23(30)37-20(13-34-18(4)28)14-35-19(5)29/h7-8,20H,1,9-15H2,2-6H3/b16-8+. The van der Waals surface area contributed by atoms with Gasteiger partial charge in [-0.1, -0.05) is 24.3 Å². The molecule has 0 aromatic heterocycles.